The number of hydrogen-bond acceptors (Lipinski definition) is 5. The zero-order valence-electron chi connectivity index (χ0n) is 16.2. The fourth-order valence-corrected chi connectivity index (χ4v) is 3.02. The molecule has 2 aromatic carbocycles. The van der Waals surface area contributed by atoms with E-state index in [4.69, 9.17) is 11.6 Å². The Kier molecular flexibility index (Phi) is 7.29. The topological polar surface area (TPSA) is 102 Å². The smallest absolute Gasteiger partial charge is 0.328 e. The molecule has 0 amide bonds. The summed E-state index contributed by atoms with van der Waals surface area (Å²) in [5.74, 6) is -0.783. The first-order valence-electron chi connectivity index (χ1n) is 9.10. The van der Waals surface area contributed by atoms with Crippen molar-refractivity contribution in [1.29, 1.82) is 0 Å². The molecule has 0 aliphatic rings. The van der Waals surface area contributed by atoms with Gasteiger partial charge < -0.3 is 26.0 Å². The third kappa shape index (κ3) is 5.86. The summed E-state index contributed by atoms with van der Waals surface area (Å²) >= 11 is 6.34. The summed E-state index contributed by atoms with van der Waals surface area (Å²) < 4.78 is 0. The number of phenols is 1. The van der Waals surface area contributed by atoms with Gasteiger partial charge in [-0.1, -0.05) is 29.8 Å². The number of halogens is 1. The van der Waals surface area contributed by atoms with Crippen molar-refractivity contribution in [1.82, 2.24) is 5.32 Å². The van der Waals surface area contributed by atoms with Crippen molar-refractivity contribution in [3.8, 4) is 5.75 Å². The number of nitrogens with one attached hydrogen (secondary N) is 2. The molecule has 0 aliphatic carbocycles. The van der Waals surface area contributed by atoms with Crippen LogP contribution in [0.1, 0.15) is 38.0 Å². The molecule has 152 valence electrons. The Bertz CT molecular complexity index is 809. The summed E-state index contributed by atoms with van der Waals surface area (Å²) in [6.45, 7) is 5.67. The predicted octanol–water partition coefficient (Wildman–Crippen LogP) is 3.57. The highest BCUT2D eigenvalue weighted by atomic mass is 35.5. The number of anilines is 1. The molecule has 0 fully saturated rings. The van der Waals surface area contributed by atoms with Crippen molar-refractivity contribution < 1.29 is 20.1 Å². The lowest BCUT2D eigenvalue weighted by Gasteiger charge is -2.23. The Labute approximate surface area is 170 Å². The van der Waals surface area contributed by atoms with Gasteiger partial charge >= 0.3 is 5.97 Å². The van der Waals surface area contributed by atoms with Crippen LogP contribution in [0.15, 0.2) is 42.5 Å². The molecule has 0 unspecified atom stereocenters. The third-order valence-electron chi connectivity index (χ3n) is 4.61. The first kappa shape index (κ1) is 22.0. The van der Waals surface area contributed by atoms with E-state index >= 15 is 0 Å². The molecule has 5 N–H and O–H groups in total. The Morgan fingerprint density at radius 2 is 1.82 bits per heavy atom. The van der Waals surface area contributed by atoms with Gasteiger partial charge in [0, 0.05) is 16.8 Å². The van der Waals surface area contributed by atoms with Gasteiger partial charge in [0.15, 0.2) is 0 Å². The minimum Gasteiger partial charge on any atom is -0.508 e. The van der Waals surface area contributed by atoms with Crippen molar-refractivity contribution in [2.45, 2.75) is 44.9 Å². The molecular weight excluding hydrogens is 380 g/mol. The van der Waals surface area contributed by atoms with Gasteiger partial charge in [-0.2, -0.15) is 0 Å². The van der Waals surface area contributed by atoms with Crippen LogP contribution >= 0.6 is 11.6 Å². The maximum absolute atomic E-state index is 11.2. The van der Waals surface area contributed by atoms with Gasteiger partial charge in [-0.25, -0.2) is 4.79 Å². The summed E-state index contributed by atoms with van der Waals surface area (Å²) in [6, 6.07) is 11.7. The minimum absolute atomic E-state index is 0.163. The van der Waals surface area contributed by atoms with Crippen LogP contribution in [0, 0.1) is 0 Å². The Morgan fingerprint density at radius 3 is 2.39 bits per heavy atom. The second-order valence-corrected chi connectivity index (χ2v) is 7.80. The lowest BCUT2D eigenvalue weighted by molar-refractivity contribution is -0.141. The number of hydrogen-bond donors (Lipinski definition) is 5. The molecule has 0 heterocycles. The Balaban J connectivity index is 1.90. The normalized spacial score (nSPS) is 13.8. The standard InChI is InChI=1S/C21H27ClN2O4/c1-13(19(26)15-5-8-17(25)9-6-15)23-11-10-14-4-7-16(12-18(14)22)24-21(2,3)20(27)28/h4-9,12-13,19,23-26H,10-11H2,1-3H3,(H,27,28)/t13-,19+/m1/s1. The highest BCUT2D eigenvalue weighted by Crippen LogP contribution is 2.24. The van der Waals surface area contributed by atoms with Crippen LogP contribution < -0.4 is 10.6 Å². The molecule has 6 nitrogen and oxygen atoms in total. The molecule has 0 aromatic heterocycles. The molecule has 0 aliphatic heterocycles. The second-order valence-electron chi connectivity index (χ2n) is 7.39. The molecule has 28 heavy (non-hydrogen) atoms. The number of carboxylic acid groups (broad SMARTS) is 1. The molecule has 0 bridgehead atoms. The summed E-state index contributed by atoms with van der Waals surface area (Å²) in [6.07, 6.45) is -0.0328. The van der Waals surface area contributed by atoms with Crippen molar-refractivity contribution in [3.05, 3.63) is 58.6 Å². The molecule has 2 aromatic rings. The van der Waals surface area contributed by atoms with E-state index in [0.29, 0.717) is 23.7 Å². The summed E-state index contributed by atoms with van der Waals surface area (Å²) in [7, 11) is 0. The highest BCUT2D eigenvalue weighted by molar-refractivity contribution is 6.31. The fraction of sp³-hybridized carbons (Fsp3) is 0.381. The van der Waals surface area contributed by atoms with E-state index in [1.165, 1.54) is 0 Å². The third-order valence-corrected chi connectivity index (χ3v) is 4.97. The van der Waals surface area contributed by atoms with Crippen molar-refractivity contribution in [3.63, 3.8) is 0 Å². The zero-order chi connectivity index (χ0) is 20.9. The van der Waals surface area contributed by atoms with Gasteiger partial charge in [0.25, 0.3) is 0 Å². The lowest BCUT2D eigenvalue weighted by atomic mass is 10.0. The molecule has 7 heteroatoms. The van der Waals surface area contributed by atoms with Crippen molar-refractivity contribution in [2.75, 3.05) is 11.9 Å². The van der Waals surface area contributed by atoms with Crippen LogP contribution in [0.3, 0.4) is 0 Å². The Hall–Kier alpha value is -2.28. The second kappa shape index (κ2) is 9.28. The number of phenolic OH excluding ortho intramolecular Hbond substituents is 1. The van der Waals surface area contributed by atoms with E-state index in [1.807, 2.05) is 13.0 Å². The number of aliphatic carboxylic acids is 1. The first-order chi connectivity index (χ1) is 13.1. The average molecular weight is 407 g/mol. The molecule has 0 saturated carbocycles. The van der Waals surface area contributed by atoms with Crippen LogP contribution in [0.5, 0.6) is 5.75 Å². The van der Waals surface area contributed by atoms with E-state index in [-0.39, 0.29) is 11.8 Å². The molecule has 2 rings (SSSR count). The van der Waals surface area contributed by atoms with Gasteiger partial charge in [0.1, 0.15) is 11.3 Å². The highest BCUT2D eigenvalue weighted by Gasteiger charge is 2.26. The number of aliphatic hydroxyl groups is 1. The van der Waals surface area contributed by atoms with Gasteiger partial charge in [-0.3, -0.25) is 0 Å². The zero-order valence-corrected chi connectivity index (χ0v) is 17.0. The van der Waals surface area contributed by atoms with Crippen LogP contribution in [-0.4, -0.2) is 39.4 Å². The number of carboxylic acids is 1. The van der Waals surface area contributed by atoms with E-state index in [0.717, 1.165) is 11.1 Å². The van der Waals surface area contributed by atoms with Crippen LogP contribution in [0.25, 0.3) is 0 Å². The maximum Gasteiger partial charge on any atom is 0.328 e. The number of rotatable bonds is 9. The average Bonchev–Trinajstić information content (AvgIpc) is 2.63. The molecular formula is C21H27ClN2O4. The van der Waals surface area contributed by atoms with E-state index in [1.54, 1.807) is 50.2 Å². The van der Waals surface area contributed by atoms with Gasteiger partial charge in [0.05, 0.1) is 6.10 Å². The van der Waals surface area contributed by atoms with Crippen molar-refractivity contribution >= 4 is 23.3 Å². The molecule has 0 saturated heterocycles. The van der Waals surface area contributed by atoms with E-state index in [2.05, 4.69) is 10.6 Å². The minimum atomic E-state index is -1.09. The van der Waals surface area contributed by atoms with Crippen LogP contribution in [0.4, 0.5) is 5.69 Å². The van der Waals surface area contributed by atoms with Crippen LogP contribution in [-0.2, 0) is 11.2 Å². The number of benzene rings is 2. The van der Waals surface area contributed by atoms with Gasteiger partial charge in [-0.15, -0.1) is 0 Å². The number of carbonyl (C=O) groups is 1. The van der Waals surface area contributed by atoms with Gasteiger partial charge in [0.2, 0.25) is 0 Å². The molecule has 0 spiro atoms. The van der Waals surface area contributed by atoms with E-state index in [9.17, 15) is 20.1 Å². The lowest BCUT2D eigenvalue weighted by Crippen LogP contribution is -2.39. The summed E-state index contributed by atoms with van der Waals surface area (Å²) in [5, 5.41) is 35.7. The SMILES string of the molecule is C[C@@H](NCCc1ccc(NC(C)(C)C(=O)O)cc1Cl)[C@H](O)c1ccc(O)cc1. The molecule has 0 radical (unpaired) electrons. The Morgan fingerprint density at radius 1 is 1.18 bits per heavy atom. The largest absolute Gasteiger partial charge is 0.508 e. The van der Waals surface area contributed by atoms with Crippen LogP contribution in [0.2, 0.25) is 5.02 Å². The fourth-order valence-electron chi connectivity index (χ4n) is 2.75. The summed E-state index contributed by atoms with van der Waals surface area (Å²) in [5.41, 5.74) is 1.21. The maximum atomic E-state index is 11.2. The first-order valence-corrected chi connectivity index (χ1v) is 9.48. The molecule has 2 atom stereocenters. The number of aromatic hydroxyl groups is 1. The van der Waals surface area contributed by atoms with E-state index < -0.39 is 17.6 Å². The predicted molar refractivity (Wildman–Crippen MR) is 111 cm³/mol. The summed E-state index contributed by atoms with van der Waals surface area (Å²) in [4.78, 5) is 11.2. The number of aliphatic hydroxyl groups excluding tert-OH is 1. The monoisotopic (exact) mass is 406 g/mol. The quantitative estimate of drug-likeness (QED) is 0.436. The van der Waals surface area contributed by atoms with Crippen molar-refractivity contribution in [2.24, 2.45) is 0 Å². The van der Waals surface area contributed by atoms with Gasteiger partial charge in [-0.05, 0) is 69.1 Å².